The Morgan fingerprint density at radius 3 is 2.44 bits per heavy atom. The van der Waals surface area contributed by atoms with Gasteiger partial charge in [-0.2, -0.15) is 5.21 Å². The first-order chi connectivity index (χ1) is 17.7. The number of imidazole rings is 2. The highest BCUT2D eigenvalue weighted by atomic mass is 15.5. The van der Waals surface area contributed by atoms with Crippen molar-refractivity contribution in [3.63, 3.8) is 0 Å². The fourth-order valence-corrected chi connectivity index (χ4v) is 4.72. The number of hydrogen-bond acceptors (Lipinski definition) is 5. The lowest BCUT2D eigenvalue weighted by Gasteiger charge is -2.12. The predicted molar refractivity (Wildman–Crippen MR) is 140 cm³/mol. The van der Waals surface area contributed by atoms with Crippen LogP contribution in [0, 0.1) is 0 Å². The zero-order chi connectivity index (χ0) is 24.5. The summed E-state index contributed by atoms with van der Waals surface area (Å²) in [6.07, 6.45) is 5.78. The van der Waals surface area contributed by atoms with Gasteiger partial charge in [0.1, 0.15) is 11.6 Å². The van der Waals surface area contributed by atoms with Crippen molar-refractivity contribution >= 4 is 11.0 Å². The van der Waals surface area contributed by atoms with Gasteiger partial charge in [-0.3, -0.25) is 0 Å². The van der Waals surface area contributed by atoms with Crippen molar-refractivity contribution in [3.8, 4) is 33.9 Å². The van der Waals surface area contributed by atoms with Crippen molar-refractivity contribution in [3.05, 3.63) is 90.5 Å². The van der Waals surface area contributed by atoms with E-state index >= 15 is 0 Å². The molecule has 0 radical (unpaired) electrons. The zero-order valence-electron chi connectivity index (χ0n) is 20.3. The molecule has 3 aromatic heterocycles. The standard InChI is InChI=1S/C28H26N8/c1-3-6-26-30-24-14-13-21(28-29-15-16-35(28)2)17-25(24)36(26)18-19-9-11-20(12-10-19)22-7-4-5-8-23(22)27-31-33-34-32-27/h4-5,7-17H,3,6,18H2,1-2H3,(H,31,32,33,34). The Kier molecular flexibility index (Phi) is 5.61. The molecule has 0 bridgehead atoms. The SMILES string of the molecule is CCCc1nc2ccc(-c3nccn3C)cc2n1Cc1ccc(-c2ccccc2-c2nn[nH]n2)cc1. The molecule has 0 aliphatic rings. The van der Waals surface area contributed by atoms with E-state index in [0.717, 1.165) is 64.3 Å². The summed E-state index contributed by atoms with van der Waals surface area (Å²) in [5.74, 6) is 2.65. The maximum atomic E-state index is 4.96. The number of aromatic nitrogens is 8. The minimum atomic E-state index is 0.590. The fraction of sp³-hybridized carbons (Fsp3) is 0.179. The van der Waals surface area contributed by atoms with Crippen LogP contribution >= 0.6 is 0 Å². The highest BCUT2D eigenvalue weighted by Crippen LogP contribution is 2.30. The van der Waals surface area contributed by atoms with Gasteiger partial charge >= 0.3 is 0 Å². The molecular weight excluding hydrogens is 448 g/mol. The van der Waals surface area contributed by atoms with Crippen molar-refractivity contribution in [2.75, 3.05) is 0 Å². The van der Waals surface area contributed by atoms with Gasteiger partial charge in [-0.15, -0.1) is 10.2 Å². The summed E-state index contributed by atoms with van der Waals surface area (Å²) >= 11 is 0. The molecule has 6 rings (SSSR count). The van der Waals surface area contributed by atoms with Crippen LogP contribution in [0.15, 0.2) is 79.1 Å². The van der Waals surface area contributed by atoms with Gasteiger partial charge in [0.15, 0.2) is 0 Å². The third kappa shape index (κ3) is 3.96. The first kappa shape index (κ1) is 21.9. The van der Waals surface area contributed by atoms with Crippen LogP contribution in [0.25, 0.3) is 44.9 Å². The van der Waals surface area contributed by atoms with Gasteiger partial charge in [0, 0.05) is 43.5 Å². The number of benzene rings is 3. The molecule has 3 aromatic carbocycles. The molecular formula is C28H26N8. The lowest BCUT2D eigenvalue weighted by atomic mass is 9.98. The van der Waals surface area contributed by atoms with Crippen LogP contribution in [-0.4, -0.2) is 39.7 Å². The minimum absolute atomic E-state index is 0.590. The van der Waals surface area contributed by atoms with Crippen molar-refractivity contribution in [1.82, 2.24) is 39.7 Å². The molecule has 0 fully saturated rings. The van der Waals surface area contributed by atoms with E-state index in [2.05, 4.69) is 85.6 Å². The number of nitrogens with one attached hydrogen (secondary N) is 1. The molecule has 0 atom stereocenters. The number of aryl methyl sites for hydroxylation is 2. The van der Waals surface area contributed by atoms with E-state index in [1.807, 2.05) is 42.2 Å². The molecule has 0 spiro atoms. The van der Waals surface area contributed by atoms with Crippen LogP contribution in [0.1, 0.15) is 24.7 Å². The van der Waals surface area contributed by atoms with Crippen LogP contribution in [0.2, 0.25) is 0 Å². The van der Waals surface area contributed by atoms with Gasteiger partial charge in [0.25, 0.3) is 0 Å². The van der Waals surface area contributed by atoms with Crippen molar-refractivity contribution in [1.29, 1.82) is 0 Å². The number of rotatable bonds is 7. The van der Waals surface area contributed by atoms with E-state index in [1.165, 1.54) is 5.56 Å². The van der Waals surface area contributed by atoms with Crippen LogP contribution in [0.5, 0.6) is 0 Å². The van der Waals surface area contributed by atoms with E-state index in [4.69, 9.17) is 4.98 Å². The molecule has 3 heterocycles. The van der Waals surface area contributed by atoms with Gasteiger partial charge < -0.3 is 9.13 Å². The Morgan fingerprint density at radius 2 is 1.72 bits per heavy atom. The average molecular weight is 475 g/mol. The topological polar surface area (TPSA) is 90.1 Å². The second-order valence-corrected chi connectivity index (χ2v) is 8.91. The Balaban J connectivity index is 1.36. The molecule has 0 saturated heterocycles. The number of hydrogen-bond donors (Lipinski definition) is 1. The molecule has 6 aromatic rings. The largest absolute Gasteiger partial charge is 0.334 e. The Hall–Kier alpha value is -4.59. The molecule has 1 N–H and O–H groups in total. The molecule has 0 aliphatic heterocycles. The third-order valence-electron chi connectivity index (χ3n) is 6.50. The fourth-order valence-electron chi connectivity index (χ4n) is 4.72. The zero-order valence-corrected chi connectivity index (χ0v) is 20.3. The highest BCUT2D eigenvalue weighted by Gasteiger charge is 2.14. The van der Waals surface area contributed by atoms with Gasteiger partial charge in [-0.05, 0) is 46.5 Å². The first-order valence-corrected chi connectivity index (χ1v) is 12.1. The van der Waals surface area contributed by atoms with Gasteiger partial charge in [-0.1, -0.05) is 55.5 Å². The molecule has 178 valence electrons. The van der Waals surface area contributed by atoms with Gasteiger partial charge in [-0.25, -0.2) is 9.97 Å². The van der Waals surface area contributed by atoms with E-state index in [-0.39, 0.29) is 0 Å². The molecule has 8 heteroatoms. The van der Waals surface area contributed by atoms with Crippen LogP contribution in [0.4, 0.5) is 0 Å². The number of tetrazole rings is 1. The van der Waals surface area contributed by atoms with Crippen LogP contribution < -0.4 is 0 Å². The lowest BCUT2D eigenvalue weighted by Crippen LogP contribution is -2.05. The monoisotopic (exact) mass is 474 g/mol. The summed E-state index contributed by atoms with van der Waals surface area (Å²) in [5, 5.41) is 14.6. The van der Waals surface area contributed by atoms with E-state index in [9.17, 15) is 0 Å². The van der Waals surface area contributed by atoms with Gasteiger partial charge in [0.05, 0.1) is 11.0 Å². The summed E-state index contributed by atoms with van der Waals surface area (Å²) in [6, 6.07) is 23.2. The second kappa shape index (κ2) is 9.22. The molecule has 0 saturated carbocycles. The Labute approximate surface area is 208 Å². The number of fused-ring (bicyclic) bond motifs is 1. The maximum Gasteiger partial charge on any atom is 0.205 e. The van der Waals surface area contributed by atoms with E-state index in [0.29, 0.717) is 5.82 Å². The first-order valence-electron chi connectivity index (χ1n) is 12.1. The van der Waals surface area contributed by atoms with Crippen LogP contribution in [-0.2, 0) is 20.0 Å². The minimum Gasteiger partial charge on any atom is -0.334 e. The van der Waals surface area contributed by atoms with Crippen molar-refractivity contribution in [2.45, 2.75) is 26.3 Å². The van der Waals surface area contributed by atoms with E-state index < -0.39 is 0 Å². The summed E-state index contributed by atoms with van der Waals surface area (Å²) in [6.45, 7) is 2.95. The predicted octanol–water partition coefficient (Wildman–Crippen LogP) is 5.28. The maximum absolute atomic E-state index is 4.96. The number of nitrogens with zero attached hydrogens (tertiary/aromatic N) is 7. The number of aromatic amines is 1. The van der Waals surface area contributed by atoms with Crippen molar-refractivity contribution < 1.29 is 0 Å². The van der Waals surface area contributed by atoms with Crippen LogP contribution in [0.3, 0.4) is 0 Å². The Bertz CT molecular complexity index is 1620. The summed E-state index contributed by atoms with van der Waals surface area (Å²) < 4.78 is 4.38. The second-order valence-electron chi connectivity index (χ2n) is 8.91. The quantitative estimate of drug-likeness (QED) is 0.340. The molecule has 0 aliphatic carbocycles. The third-order valence-corrected chi connectivity index (χ3v) is 6.50. The lowest BCUT2D eigenvalue weighted by molar-refractivity contribution is 0.722. The summed E-state index contributed by atoms with van der Waals surface area (Å²) in [5.41, 5.74) is 7.59. The summed E-state index contributed by atoms with van der Waals surface area (Å²) in [4.78, 5) is 9.49. The molecule has 36 heavy (non-hydrogen) atoms. The highest BCUT2D eigenvalue weighted by molar-refractivity contribution is 5.82. The molecule has 8 nitrogen and oxygen atoms in total. The van der Waals surface area contributed by atoms with Gasteiger partial charge in [0.2, 0.25) is 5.82 Å². The average Bonchev–Trinajstić information content (AvgIpc) is 3.66. The van der Waals surface area contributed by atoms with E-state index in [1.54, 1.807) is 0 Å². The summed E-state index contributed by atoms with van der Waals surface area (Å²) in [7, 11) is 2.02. The normalized spacial score (nSPS) is 11.4. The molecule has 0 unspecified atom stereocenters. The smallest absolute Gasteiger partial charge is 0.205 e. The number of H-pyrrole nitrogens is 1. The Morgan fingerprint density at radius 1 is 0.917 bits per heavy atom. The van der Waals surface area contributed by atoms with Crippen molar-refractivity contribution in [2.24, 2.45) is 7.05 Å². The molecule has 0 amide bonds.